The molecule has 0 aliphatic carbocycles. The summed E-state index contributed by atoms with van der Waals surface area (Å²) in [7, 11) is 1.56. The molecule has 3 aromatic rings. The van der Waals surface area contributed by atoms with Crippen LogP contribution in [0.15, 0.2) is 78.9 Å². The third-order valence-electron chi connectivity index (χ3n) is 5.88. The second kappa shape index (κ2) is 11.4. The van der Waals surface area contributed by atoms with Crippen LogP contribution in [0.1, 0.15) is 29.3 Å². The molecule has 1 atom stereocenters. The van der Waals surface area contributed by atoms with Crippen molar-refractivity contribution >= 4 is 35.2 Å². The Morgan fingerprint density at radius 2 is 1.68 bits per heavy atom. The van der Waals surface area contributed by atoms with Gasteiger partial charge in [-0.05, 0) is 55.0 Å². The van der Waals surface area contributed by atoms with Crippen molar-refractivity contribution in [2.24, 2.45) is 0 Å². The molecule has 1 N–H and O–H groups in total. The maximum atomic E-state index is 13.4. The summed E-state index contributed by atoms with van der Waals surface area (Å²) in [4.78, 5) is 54.3. The number of hydrogen-bond acceptors (Lipinski definition) is 6. The number of nitrogens with zero attached hydrogens (tertiary/aromatic N) is 2. The standard InChI is InChI=1S/C28H27N3O6/c1-3-37-27(34)20-8-7-9-21(16-20)29-25(32)17-24-26(33)31(22-10-5-4-6-11-22)28(35)30(24)18-19-12-14-23(36-2)15-13-19/h4-16,24H,3,17-18H2,1-2H3,(H,29,32)/t24-/m1/s1. The summed E-state index contributed by atoms with van der Waals surface area (Å²) >= 11 is 0. The van der Waals surface area contributed by atoms with Crippen molar-refractivity contribution in [2.45, 2.75) is 25.9 Å². The van der Waals surface area contributed by atoms with Crippen molar-refractivity contribution in [3.8, 4) is 5.75 Å². The fourth-order valence-electron chi connectivity index (χ4n) is 4.08. The number of nitrogens with one attached hydrogen (secondary N) is 1. The van der Waals surface area contributed by atoms with Crippen LogP contribution in [0.2, 0.25) is 0 Å². The fraction of sp³-hybridized carbons (Fsp3) is 0.214. The molecule has 3 aromatic carbocycles. The van der Waals surface area contributed by atoms with E-state index in [0.29, 0.717) is 22.7 Å². The number of benzene rings is 3. The van der Waals surface area contributed by atoms with Gasteiger partial charge in [-0.2, -0.15) is 0 Å². The number of para-hydroxylation sites is 1. The topological polar surface area (TPSA) is 105 Å². The zero-order chi connectivity index (χ0) is 26.4. The predicted molar refractivity (Wildman–Crippen MR) is 137 cm³/mol. The molecule has 1 aliphatic heterocycles. The van der Waals surface area contributed by atoms with E-state index < -0.39 is 29.9 Å². The smallest absolute Gasteiger partial charge is 0.338 e. The average Bonchev–Trinajstić information content (AvgIpc) is 3.13. The van der Waals surface area contributed by atoms with Gasteiger partial charge in [0.2, 0.25) is 5.91 Å². The number of carbonyl (C=O) groups excluding carboxylic acids is 4. The Bertz CT molecular complexity index is 1290. The number of anilines is 2. The molecule has 4 amide bonds. The van der Waals surface area contributed by atoms with E-state index in [-0.39, 0.29) is 19.6 Å². The van der Waals surface area contributed by atoms with Gasteiger partial charge in [-0.1, -0.05) is 36.4 Å². The number of methoxy groups -OCH3 is 1. The third kappa shape index (κ3) is 5.78. The van der Waals surface area contributed by atoms with Crippen LogP contribution in [-0.4, -0.2) is 48.5 Å². The average molecular weight is 502 g/mol. The lowest BCUT2D eigenvalue weighted by atomic mass is 10.1. The fourth-order valence-corrected chi connectivity index (χ4v) is 4.08. The molecule has 190 valence electrons. The molecule has 37 heavy (non-hydrogen) atoms. The monoisotopic (exact) mass is 501 g/mol. The summed E-state index contributed by atoms with van der Waals surface area (Å²) in [5.74, 6) is -0.791. The Kier molecular flexibility index (Phi) is 7.83. The van der Waals surface area contributed by atoms with Crippen LogP contribution in [0.25, 0.3) is 0 Å². The van der Waals surface area contributed by atoms with Crippen molar-refractivity contribution < 1.29 is 28.7 Å². The lowest BCUT2D eigenvalue weighted by Crippen LogP contribution is -2.37. The minimum Gasteiger partial charge on any atom is -0.497 e. The van der Waals surface area contributed by atoms with Gasteiger partial charge in [-0.3, -0.25) is 9.59 Å². The first kappa shape index (κ1) is 25.4. The number of rotatable bonds is 9. The molecule has 0 bridgehead atoms. The molecule has 4 rings (SSSR count). The highest BCUT2D eigenvalue weighted by atomic mass is 16.5. The molecule has 1 heterocycles. The second-order valence-electron chi connectivity index (χ2n) is 8.34. The van der Waals surface area contributed by atoms with Gasteiger partial charge in [-0.25, -0.2) is 14.5 Å². The molecule has 0 unspecified atom stereocenters. The van der Waals surface area contributed by atoms with Crippen LogP contribution in [-0.2, 0) is 20.9 Å². The summed E-state index contributed by atoms with van der Waals surface area (Å²) in [6, 6.07) is 20.6. The van der Waals surface area contributed by atoms with Crippen molar-refractivity contribution in [1.82, 2.24) is 4.90 Å². The number of urea groups is 1. The lowest BCUT2D eigenvalue weighted by molar-refractivity contribution is -0.124. The normalized spacial score (nSPS) is 15.0. The zero-order valence-corrected chi connectivity index (χ0v) is 20.5. The summed E-state index contributed by atoms with van der Waals surface area (Å²) in [5.41, 5.74) is 1.89. The van der Waals surface area contributed by atoms with E-state index in [1.807, 2.05) is 0 Å². The van der Waals surface area contributed by atoms with Crippen molar-refractivity contribution in [2.75, 3.05) is 23.9 Å². The van der Waals surface area contributed by atoms with Crippen LogP contribution in [0, 0.1) is 0 Å². The Labute approximate surface area is 214 Å². The Morgan fingerprint density at radius 3 is 2.35 bits per heavy atom. The first-order valence-electron chi connectivity index (χ1n) is 11.8. The van der Waals surface area contributed by atoms with E-state index in [9.17, 15) is 19.2 Å². The Hall–Kier alpha value is -4.66. The largest absolute Gasteiger partial charge is 0.497 e. The summed E-state index contributed by atoms with van der Waals surface area (Å²) in [6.07, 6.45) is -0.256. The number of hydrogen-bond donors (Lipinski definition) is 1. The molecule has 9 heteroatoms. The molecular weight excluding hydrogens is 474 g/mol. The first-order valence-corrected chi connectivity index (χ1v) is 11.8. The maximum absolute atomic E-state index is 13.4. The SMILES string of the molecule is CCOC(=O)c1cccc(NC(=O)C[C@@H]2C(=O)N(c3ccccc3)C(=O)N2Cc2ccc(OC)cc2)c1. The van der Waals surface area contributed by atoms with Gasteiger partial charge < -0.3 is 19.7 Å². The number of carbonyl (C=O) groups is 4. The molecule has 1 aliphatic rings. The number of imide groups is 1. The van der Waals surface area contributed by atoms with Crippen molar-refractivity contribution in [3.05, 3.63) is 90.0 Å². The highest BCUT2D eigenvalue weighted by Crippen LogP contribution is 2.29. The predicted octanol–water partition coefficient (Wildman–Crippen LogP) is 4.24. The van der Waals surface area contributed by atoms with Crippen LogP contribution in [0.5, 0.6) is 5.75 Å². The summed E-state index contributed by atoms with van der Waals surface area (Å²) in [6.45, 7) is 2.07. The van der Waals surface area contributed by atoms with E-state index in [1.54, 1.807) is 86.8 Å². The van der Waals surface area contributed by atoms with E-state index >= 15 is 0 Å². The molecule has 0 radical (unpaired) electrons. The van der Waals surface area contributed by atoms with Gasteiger partial charge in [0, 0.05) is 12.2 Å². The summed E-state index contributed by atoms with van der Waals surface area (Å²) < 4.78 is 10.2. The molecule has 0 saturated carbocycles. The van der Waals surface area contributed by atoms with E-state index in [4.69, 9.17) is 9.47 Å². The van der Waals surface area contributed by atoms with Crippen LogP contribution >= 0.6 is 0 Å². The number of esters is 1. The molecule has 1 saturated heterocycles. The number of amides is 4. The quantitative estimate of drug-likeness (QED) is 0.347. The Morgan fingerprint density at radius 1 is 0.946 bits per heavy atom. The van der Waals surface area contributed by atoms with Gasteiger partial charge in [0.1, 0.15) is 11.8 Å². The molecular formula is C28H27N3O6. The zero-order valence-electron chi connectivity index (χ0n) is 20.5. The van der Waals surface area contributed by atoms with Crippen LogP contribution < -0.4 is 15.0 Å². The Balaban J connectivity index is 1.56. The van der Waals surface area contributed by atoms with E-state index in [2.05, 4.69) is 5.32 Å². The minimum absolute atomic E-state index is 0.133. The molecule has 0 spiro atoms. The van der Waals surface area contributed by atoms with E-state index in [1.165, 1.54) is 11.0 Å². The molecule has 1 fully saturated rings. The highest BCUT2D eigenvalue weighted by molar-refractivity contribution is 6.22. The maximum Gasteiger partial charge on any atom is 0.338 e. The lowest BCUT2D eigenvalue weighted by Gasteiger charge is -2.22. The van der Waals surface area contributed by atoms with Crippen LogP contribution in [0.3, 0.4) is 0 Å². The van der Waals surface area contributed by atoms with Gasteiger partial charge in [0.05, 0.1) is 31.4 Å². The van der Waals surface area contributed by atoms with Gasteiger partial charge >= 0.3 is 12.0 Å². The second-order valence-corrected chi connectivity index (χ2v) is 8.34. The molecule has 9 nitrogen and oxygen atoms in total. The highest BCUT2D eigenvalue weighted by Gasteiger charge is 2.46. The van der Waals surface area contributed by atoms with E-state index in [0.717, 1.165) is 10.5 Å². The van der Waals surface area contributed by atoms with Crippen molar-refractivity contribution in [1.29, 1.82) is 0 Å². The van der Waals surface area contributed by atoms with Gasteiger partial charge in [0.15, 0.2) is 0 Å². The minimum atomic E-state index is -1.01. The van der Waals surface area contributed by atoms with Gasteiger partial charge in [-0.15, -0.1) is 0 Å². The third-order valence-corrected chi connectivity index (χ3v) is 5.88. The number of ether oxygens (including phenoxy) is 2. The summed E-state index contributed by atoms with van der Waals surface area (Å²) in [5, 5.41) is 2.72. The molecule has 0 aromatic heterocycles. The first-order chi connectivity index (χ1) is 17.9. The van der Waals surface area contributed by atoms with Crippen LogP contribution in [0.4, 0.5) is 16.2 Å². The van der Waals surface area contributed by atoms with Crippen molar-refractivity contribution in [3.63, 3.8) is 0 Å². The van der Waals surface area contributed by atoms with Gasteiger partial charge in [0.25, 0.3) is 5.91 Å².